The van der Waals surface area contributed by atoms with Gasteiger partial charge in [-0.15, -0.1) is 0 Å². The Balaban J connectivity index is 3.11. The maximum atomic E-state index is 5.85. The van der Waals surface area contributed by atoms with E-state index in [0.717, 1.165) is 0 Å². The van der Waals surface area contributed by atoms with Crippen molar-refractivity contribution in [3.05, 3.63) is 29.3 Å². The van der Waals surface area contributed by atoms with Crippen LogP contribution in [0.2, 0.25) is 5.02 Å². The second-order valence-corrected chi connectivity index (χ2v) is 8.78. The highest BCUT2D eigenvalue weighted by atomic mass is 35.5. The van der Waals surface area contributed by atoms with E-state index in [0.29, 0.717) is 10.8 Å². The van der Waals surface area contributed by atoms with Crippen molar-refractivity contribution in [2.24, 2.45) is 4.91 Å². The van der Waals surface area contributed by atoms with Gasteiger partial charge in [-0.2, -0.15) is 0 Å². The highest BCUT2D eigenvalue weighted by Crippen LogP contribution is 2.54. The lowest BCUT2D eigenvalue weighted by atomic mass is 10.3. The van der Waals surface area contributed by atoms with Crippen molar-refractivity contribution < 1.29 is 4.84 Å². The molecule has 0 aromatic heterocycles. The van der Waals surface area contributed by atoms with Crippen LogP contribution in [0.15, 0.2) is 29.2 Å². The smallest absolute Gasteiger partial charge is 0.210 e. The molecule has 19 heavy (non-hydrogen) atoms. The monoisotopic (exact) mass is 304 g/mol. The zero-order chi connectivity index (χ0) is 14.6. The molecule has 0 bridgehead atoms. The molecule has 5 nitrogen and oxygen atoms in total. The van der Waals surface area contributed by atoms with Gasteiger partial charge in [-0.25, -0.2) is 14.0 Å². The van der Waals surface area contributed by atoms with Crippen LogP contribution < -0.4 is 4.84 Å². The van der Waals surface area contributed by atoms with E-state index in [4.69, 9.17) is 16.4 Å². The molecular weight excluding hydrogens is 283 g/mol. The highest BCUT2D eigenvalue weighted by Gasteiger charge is 2.29. The van der Waals surface area contributed by atoms with Gasteiger partial charge < -0.3 is 4.84 Å². The maximum absolute atomic E-state index is 5.85. The van der Waals surface area contributed by atoms with Crippen molar-refractivity contribution in [3.8, 4) is 5.75 Å². The van der Waals surface area contributed by atoms with E-state index in [2.05, 4.69) is 18.9 Å². The molecule has 0 radical (unpaired) electrons. The molecule has 0 saturated carbocycles. The van der Waals surface area contributed by atoms with E-state index >= 15 is 0 Å². The van der Waals surface area contributed by atoms with Gasteiger partial charge >= 0.3 is 0 Å². The van der Waals surface area contributed by atoms with E-state index in [1.807, 2.05) is 54.4 Å². The molecule has 0 heterocycles. The summed E-state index contributed by atoms with van der Waals surface area (Å²) in [5.41, 5.74) is 0. The standard InChI is InChI=1S/C12H22ClN4OP/c1-15(2)19(16(3)4,17(5)6)14-18-12-9-7-11(13)8-10-12/h7-10H,1-6H3. The predicted octanol–water partition coefficient (Wildman–Crippen LogP) is 3.26. The molecule has 0 saturated heterocycles. The van der Waals surface area contributed by atoms with Crippen LogP contribution in [0.4, 0.5) is 0 Å². The lowest BCUT2D eigenvalue weighted by Crippen LogP contribution is -2.31. The molecule has 1 rings (SSSR count). The summed E-state index contributed by atoms with van der Waals surface area (Å²) in [4.78, 5) is 10.1. The van der Waals surface area contributed by atoms with Gasteiger partial charge in [0, 0.05) is 5.02 Å². The molecule has 0 N–H and O–H groups in total. The van der Waals surface area contributed by atoms with Crippen LogP contribution in [-0.2, 0) is 0 Å². The van der Waals surface area contributed by atoms with Gasteiger partial charge in [0.1, 0.15) is 0 Å². The van der Waals surface area contributed by atoms with Gasteiger partial charge in [0.2, 0.25) is 7.51 Å². The Hall–Kier alpha value is -0.580. The van der Waals surface area contributed by atoms with Gasteiger partial charge in [-0.1, -0.05) is 16.5 Å². The fraction of sp³-hybridized carbons (Fsp3) is 0.500. The molecule has 0 atom stereocenters. The Morgan fingerprint density at radius 2 is 1.32 bits per heavy atom. The van der Waals surface area contributed by atoms with Gasteiger partial charge in [0.25, 0.3) is 0 Å². The Labute approximate surface area is 120 Å². The topological polar surface area (TPSA) is 31.3 Å². The number of halogens is 1. The van der Waals surface area contributed by atoms with Crippen molar-refractivity contribution in [3.63, 3.8) is 0 Å². The van der Waals surface area contributed by atoms with Gasteiger partial charge in [-0.3, -0.25) is 0 Å². The molecule has 0 spiro atoms. The number of benzene rings is 1. The molecule has 1 aromatic carbocycles. The zero-order valence-corrected chi connectivity index (χ0v) is 14.0. The van der Waals surface area contributed by atoms with Crippen molar-refractivity contribution in [2.75, 3.05) is 42.3 Å². The van der Waals surface area contributed by atoms with Crippen molar-refractivity contribution in [2.45, 2.75) is 0 Å². The summed E-state index contributed by atoms with van der Waals surface area (Å²) in [5, 5.41) is 0.682. The SMILES string of the molecule is CN(C)P(=NOc1ccc(Cl)cc1)(N(C)C)N(C)C. The second-order valence-electron chi connectivity index (χ2n) is 4.71. The number of rotatable bonds is 5. The number of nitrogens with zero attached hydrogens (tertiary/aromatic N) is 4. The molecule has 0 aliphatic rings. The third kappa shape index (κ3) is 3.71. The van der Waals surface area contributed by atoms with Crippen LogP contribution in [-0.4, -0.2) is 56.3 Å². The van der Waals surface area contributed by atoms with E-state index in [1.54, 1.807) is 12.1 Å². The summed E-state index contributed by atoms with van der Waals surface area (Å²) in [6.07, 6.45) is 0. The third-order valence-electron chi connectivity index (χ3n) is 2.68. The summed E-state index contributed by atoms with van der Waals surface area (Å²) in [7, 11) is 10.00. The molecule has 1 aromatic rings. The lowest BCUT2D eigenvalue weighted by Gasteiger charge is -2.39. The minimum atomic E-state index is -2.02. The maximum Gasteiger partial charge on any atom is 0.210 e. The summed E-state index contributed by atoms with van der Waals surface area (Å²) < 4.78 is 6.26. The van der Waals surface area contributed by atoms with Crippen LogP contribution in [0.3, 0.4) is 0 Å². The Morgan fingerprint density at radius 1 is 0.895 bits per heavy atom. The summed E-state index contributed by atoms with van der Waals surface area (Å²) in [6.45, 7) is 0. The molecule has 0 fully saturated rings. The van der Waals surface area contributed by atoms with E-state index in [-0.39, 0.29) is 0 Å². The minimum Gasteiger partial charge on any atom is -0.355 e. The summed E-state index contributed by atoms with van der Waals surface area (Å²) in [5.74, 6) is 0.680. The molecule has 0 aliphatic carbocycles. The highest BCUT2D eigenvalue weighted by molar-refractivity contribution is 7.58. The first-order chi connectivity index (χ1) is 8.80. The Morgan fingerprint density at radius 3 is 1.68 bits per heavy atom. The average Bonchev–Trinajstić information content (AvgIpc) is 2.30. The minimum absolute atomic E-state index is 0.680. The molecule has 0 aliphatic heterocycles. The normalized spacial score (nSPS) is 12.3. The van der Waals surface area contributed by atoms with Crippen LogP contribution in [0.1, 0.15) is 0 Å². The third-order valence-corrected chi connectivity index (χ3v) is 6.45. The van der Waals surface area contributed by atoms with Gasteiger partial charge in [0.15, 0.2) is 5.75 Å². The fourth-order valence-corrected chi connectivity index (χ4v) is 4.80. The Bertz CT molecular complexity index is 431. The Kier molecular flexibility index (Phi) is 5.83. The number of hydrogen-bond acceptors (Lipinski definition) is 2. The van der Waals surface area contributed by atoms with Crippen LogP contribution >= 0.6 is 19.1 Å². The first kappa shape index (κ1) is 16.5. The van der Waals surface area contributed by atoms with Crippen LogP contribution in [0.25, 0.3) is 0 Å². The van der Waals surface area contributed by atoms with E-state index in [9.17, 15) is 0 Å². The van der Waals surface area contributed by atoms with Crippen molar-refractivity contribution >= 4 is 19.1 Å². The molecule has 7 heteroatoms. The molecule has 0 unspecified atom stereocenters. The van der Waals surface area contributed by atoms with Gasteiger partial charge in [0.05, 0.1) is 0 Å². The zero-order valence-electron chi connectivity index (χ0n) is 12.3. The van der Waals surface area contributed by atoms with Crippen molar-refractivity contribution in [1.82, 2.24) is 14.0 Å². The molecule has 108 valence electrons. The largest absolute Gasteiger partial charge is 0.355 e. The molecule has 0 amide bonds. The predicted molar refractivity (Wildman–Crippen MR) is 82.5 cm³/mol. The van der Waals surface area contributed by atoms with Crippen LogP contribution in [0.5, 0.6) is 5.75 Å². The number of hydrogen-bond donors (Lipinski definition) is 0. The van der Waals surface area contributed by atoms with Crippen molar-refractivity contribution in [1.29, 1.82) is 0 Å². The van der Waals surface area contributed by atoms with E-state index < -0.39 is 7.51 Å². The fourth-order valence-electron chi connectivity index (χ4n) is 1.89. The van der Waals surface area contributed by atoms with E-state index in [1.165, 1.54) is 0 Å². The average molecular weight is 305 g/mol. The lowest BCUT2D eigenvalue weighted by molar-refractivity contribution is 0.324. The first-order valence-electron chi connectivity index (χ1n) is 5.88. The summed E-state index contributed by atoms with van der Waals surface area (Å²) in [6, 6.07) is 7.18. The van der Waals surface area contributed by atoms with Gasteiger partial charge in [-0.05, 0) is 66.6 Å². The first-order valence-corrected chi connectivity index (χ1v) is 7.86. The second kappa shape index (κ2) is 6.73. The summed E-state index contributed by atoms with van der Waals surface area (Å²) >= 11 is 5.85. The quantitative estimate of drug-likeness (QED) is 0.617. The molecular formula is C12H22ClN4OP. The van der Waals surface area contributed by atoms with Crippen LogP contribution in [0, 0.1) is 0 Å².